The minimum absolute atomic E-state index is 0. The van der Waals surface area contributed by atoms with Crippen LogP contribution in [-0.4, -0.2) is 31.6 Å². The summed E-state index contributed by atoms with van der Waals surface area (Å²) < 4.78 is 5.42. The van der Waals surface area contributed by atoms with Gasteiger partial charge in [0.05, 0.1) is 10.4 Å². The Morgan fingerprint density at radius 2 is 2.19 bits per heavy atom. The number of aromatic nitrogens is 2. The van der Waals surface area contributed by atoms with Crippen LogP contribution in [0.4, 0.5) is 0 Å². The standard InChI is InChI=1S/C13H18N4O2S.ClH/c1-12-6-3-9(18)17(12)8(7-20-12)10-15-11(16-19-10)13(14)4-2-5-13;/h8H,2-7,14H2,1H3;1H. The van der Waals surface area contributed by atoms with Gasteiger partial charge in [-0.3, -0.25) is 4.79 Å². The fourth-order valence-corrected chi connectivity index (χ4v) is 4.78. The van der Waals surface area contributed by atoms with Crippen LogP contribution < -0.4 is 5.73 Å². The quantitative estimate of drug-likeness (QED) is 0.892. The molecule has 2 unspecified atom stereocenters. The first-order valence-electron chi connectivity index (χ1n) is 7.11. The number of rotatable bonds is 2. The molecule has 2 aliphatic heterocycles. The van der Waals surface area contributed by atoms with Gasteiger partial charge in [-0.05, 0) is 32.6 Å². The molecule has 1 saturated carbocycles. The zero-order chi connectivity index (χ0) is 14.0. The maximum Gasteiger partial charge on any atom is 0.250 e. The summed E-state index contributed by atoms with van der Waals surface area (Å²) in [4.78, 5) is 18.4. The number of nitrogens with two attached hydrogens (primary N) is 1. The van der Waals surface area contributed by atoms with Crippen LogP contribution in [0.1, 0.15) is 56.8 Å². The van der Waals surface area contributed by atoms with Gasteiger partial charge in [-0.2, -0.15) is 4.98 Å². The highest BCUT2D eigenvalue weighted by Crippen LogP contribution is 2.52. The SMILES string of the molecule is CC12CCC(=O)N1C(c1nc(C3(N)CCC3)no1)CS2.Cl. The maximum absolute atomic E-state index is 12.1. The van der Waals surface area contributed by atoms with Crippen LogP contribution >= 0.6 is 24.2 Å². The van der Waals surface area contributed by atoms with Crippen molar-refractivity contribution in [2.24, 2.45) is 5.73 Å². The van der Waals surface area contributed by atoms with E-state index in [2.05, 4.69) is 17.1 Å². The van der Waals surface area contributed by atoms with Gasteiger partial charge in [-0.1, -0.05) is 5.16 Å². The van der Waals surface area contributed by atoms with Gasteiger partial charge in [-0.15, -0.1) is 24.2 Å². The predicted octanol–water partition coefficient (Wildman–Crippen LogP) is 1.96. The van der Waals surface area contributed by atoms with E-state index < -0.39 is 5.54 Å². The summed E-state index contributed by atoms with van der Waals surface area (Å²) in [6, 6.07) is -0.0927. The Hall–Kier alpha value is -0.790. The second-order valence-corrected chi connectivity index (χ2v) is 7.73. The van der Waals surface area contributed by atoms with E-state index in [0.717, 1.165) is 31.4 Å². The van der Waals surface area contributed by atoms with Crippen molar-refractivity contribution in [3.8, 4) is 0 Å². The van der Waals surface area contributed by atoms with Crippen LogP contribution in [0.2, 0.25) is 0 Å². The van der Waals surface area contributed by atoms with E-state index >= 15 is 0 Å². The van der Waals surface area contributed by atoms with Gasteiger partial charge in [0, 0.05) is 12.2 Å². The minimum atomic E-state index is -0.411. The summed E-state index contributed by atoms with van der Waals surface area (Å²) in [5, 5.41) is 4.06. The molecule has 21 heavy (non-hydrogen) atoms. The van der Waals surface area contributed by atoms with Crippen molar-refractivity contribution in [2.75, 3.05) is 5.75 Å². The van der Waals surface area contributed by atoms with Crippen molar-refractivity contribution in [1.29, 1.82) is 0 Å². The number of nitrogens with zero attached hydrogens (tertiary/aromatic N) is 3. The number of carbonyl (C=O) groups is 1. The summed E-state index contributed by atoms with van der Waals surface area (Å²) in [7, 11) is 0. The Balaban J connectivity index is 0.00000132. The lowest BCUT2D eigenvalue weighted by Crippen LogP contribution is -2.44. The Morgan fingerprint density at radius 3 is 2.86 bits per heavy atom. The zero-order valence-electron chi connectivity index (χ0n) is 11.9. The van der Waals surface area contributed by atoms with E-state index in [9.17, 15) is 4.79 Å². The van der Waals surface area contributed by atoms with E-state index in [1.54, 1.807) is 11.8 Å². The Morgan fingerprint density at radius 1 is 1.43 bits per heavy atom. The van der Waals surface area contributed by atoms with Gasteiger partial charge in [0.25, 0.3) is 0 Å². The van der Waals surface area contributed by atoms with Crippen molar-refractivity contribution >= 4 is 30.1 Å². The zero-order valence-corrected chi connectivity index (χ0v) is 13.5. The van der Waals surface area contributed by atoms with Crippen LogP contribution in [0.15, 0.2) is 4.52 Å². The first-order valence-corrected chi connectivity index (χ1v) is 8.10. The molecule has 3 heterocycles. The minimum Gasteiger partial charge on any atom is -0.337 e. The van der Waals surface area contributed by atoms with Crippen LogP contribution in [0.25, 0.3) is 0 Å². The molecule has 8 heteroatoms. The summed E-state index contributed by atoms with van der Waals surface area (Å²) in [5.74, 6) is 2.15. The first-order chi connectivity index (χ1) is 9.52. The Kier molecular flexibility index (Phi) is 3.50. The number of carbonyl (C=O) groups excluding carboxylic acids is 1. The average molecular weight is 331 g/mol. The normalized spacial score (nSPS) is 33.5. The molecule has 3 fully saturated rings. The average Bonchev–Trinajstić information content (AvgIpc) is 3.04. The highest BCUT2D eigenvalue weighted by molar-refractivity contribution is 8.00. The van der Waals surface area contributed by atoms with E-state index in [0.29, 0.717) is 18.1 Å². The van der Waals surface area contributed by atoms with Crippen molar-refractivity contribution in [1.82, 2.24) is 15.0 Å². The van der Waals surface area contributed by atoms with E-state index in [1.807, 2.05) is 4.90 Å². The van der Waals surface area contributed by atoms with Crippen molar-refractivity contribution in [3.05, 3.63) is 11.7 Å². The largest absolute Gasteiger partial charge is 0.337 e. The molecule has 116 valence electrons. The second kappa shape index (κ2) is 4.86. The lowest BCUT2D eigenvalue weighted by Gasteiger charge is -2.34. The van der Waals surface area contributed by atoms with Gasteiger partial charge >= 0.3 is 0 Å². The fourth-order valence-electron chi connectivity index (χ4n) is 3.36. The van der Waals surface area contributed by atoms with Crippen molar-refractivity contribution < 1.29 is 9.32 Å². The van der Waals surface area contributed by atoms with Gasteiger partial charge < -0.3 is 15.2 Å². The monoisotopic (exact) mass is 330 g/mol. The molecule has 4 rings (SSSR count). The molecule has 1 amide bonds. The number of hydrogen-bond donors (Lipinski definition) is 1. The topological polar surface area (TPSA) is 85.2 Å². The van der Waals surface area contributed by atoms with Gasteiger partial charge in [-0.25, -0.2) is 0 Å². The Labute approximate surface area is 133 Å². The third kappa shape index (κ3) is 2.09. The molecular weight excluding hydrogens is 312 g/mol. The Bertz CT molecular complexity index is 576. The molecule has 1 aromatic rings. The molecule has 3 aliphatic rings. The lowest BCUT2D eigenvalue weighted by molar-refractivity contribution is -0.131. The molecule has 2 N–H and O–H groups in total. The van der Waals surface area contributed by atoms with Crippen LogP contribution in [0.5, 0.6) is 0 Å². The molecule has 0 bridgehead atoms. The van der Waals surface area contributed by atoms with Gasteiger partial charge in [0.15, 0.2) is 5.82 Å². The highest BCUT2D eigenvalue weighted by atomic mass is 35.5. The summed E-state index contributed by atoms with van der Waals surface area (Å²) in [5.41, 5.74) is 5.81. The number of hydrogen-bond acceptors (Lipinski definition) is 6. The predicted molar refractivity (Wildman–Crippen MR) is 80.9 cm³/mol. The smallest absolute Gasteiger partial charge is 0.250 e. The summed E-state index contributed by atoms with van der Waals surface area (Å²) in [6.45, 7) is 2.12. The molecule has 0 radical (unpaired) electrons. The molecule has 0 spiro atoms. The van der Waals surface area contributed by atoms with Crippen molar-refractivity contribution in [3.63, 3.8) is 0 Å². The van der Waals surface area contributed by atoms with Gasteiger partial charge in [0.2, 0.25) is 11.8 Å². The fraction of sp³-hybridized carbons (Fsp3) is 0.769. The molecule has 1 aromatic heterocycles. The molecule has 2 atom stereocenters. The molecular formula is C13H19ClN4O2S. The van der Waals surface area contributed by atoms with Crippen LogP contribution in [-0.2, 0) is 10.3 Å². The molecule has 2 saturated heterocycles. The lowest BCUT2D eigenvalue weighted by atomic mass is 9.77. The number of fused-ring (bicyclic) bond motifs is 1. The summed E-state index contributed by atoms with van der Waals surface area (Å²) >= 11 is 1.80. The molecule has 0 aromatic carbocycles. The second-order valence-electron chi connectivity index (χ2n) is 6.23. The van der Waals surface area contributed by atoms with Gasteiger partial charge in [0.1, 0.15) is 6.04 Å². The van der Waals surface area contributed by atoms with E-state index in [4.69, 9.17) is 10.3 Å². The highest BCUT2D eigenvalue weighted by Gasteiger charge is 2.53. The molecule has 1 aliphatic carbocycles. The third-order valence-electron chi connectivity index (χ3n) is 4.86. The molecule has 6 nitrogen and oxygen atoms in total. The number of amides is 1. The summed E-state index contributed by atoms with van der Waals surface area (Å²) in [6.07, 6.45) is 4.44. The maximum atomic E-state index is 12.1. The third-order valence-corrected chi connectivity index (χ3v) is 6.37. The number of thioether (sulfide) groups is 1. The first kappa shape index (κ1) is 15.1. The van der Waals surface area contributed by atoms with E-state index in [1.165, 1.54) is 0 Å². The van der Waals surface area contributed by atoms with Crippen LogP contribution in [0, 0.1) is 0 Å². The van der Waals surface area contributed by atoms with Crippen LogP contribution in [0.3, 0.4) is 0 Å². The number of halogens is 1. The van der Waals surface area contributed by atoms with E-state index in [-0.39, 0.29) is 29.2 Å². The van der Waals surface area contributed by atoms with Crippen molar-refractivity contribution in [2.45, 2.75) is 55.5 Å².